The number of allylic oxidation sites excluding steroid dienone is 1. The first-order chi connectivity index (χ1) is 18.2. The van der Waals surface area contributed by atoms with E-state index < -0.39 is 41.8 Å². The summed E-state index contributed by atoms with van der Waals surface area (Å²) in [5, 5.41) is 18.5. The van der Waals surface area contributed by atoms with Crippen LogP contribution in [-0.2, 0) is 23.8 Å². The van der Waals surface area contributed by atoms with Gasteiger partial charge in [0.05, 0.1) is 17.7 Å². The van der Waals surface area contributed by atoms with Crippen molar-refractivity contribution in [2.24, 2.45) is 5.92 Å². The standard InChI is InChI=1S/C19H24FNO2.C9H6F6O/c1-21(18-10-17(22)11-19(18)23)12-13-3-2-4-15(9-13)14-5-7-16(20)8-6-14;10-8(11,12)6-1-5(4-16)2-7(3-6)9(13,14)15/h5-8,10,13,15,19,23H,2-4,9,11-12H2,1H3;1-3,16H,4H2. The largest absolute Gasteiger partial charge is 0.416 e. The zero-order valence-corrected chi connectivity index (χ0v) is 21.2. The molecule has 0 spiro atoms. The number of rotatable bonds is 5. The second-order valence-electron chi connectivity index (χ2n) is 9.99. The van der Waals surface area contributed by atoms with Gasteiger partial charge in [0.1, 0.15) is 11.9 Å². The van der Waals surface area contributed by atoms with Crippen molar-refractivity contribution in [3.05, 3.63) is 82.3 Å². The summed E-state index contributed by atoms with van der Waals surface area (Å²) in [6.45, 7) is -0.0269. The third-order valence-electron chi connectivity index (χ3n) is 6.97. The number of benzene rings is 2. The van der Waals surface area contributed by atoms with Crippen molar-refractivity contribution < 1.29 is 45.7 Å². The molecule has 2 aliphatic rings. The van der Waals surface area contributed by atoms with Gasteiger partial charge in [-0.05, 0) is 72.6 Å². The lowest BCUT2D eigenvalue weighted by atomic mass is 9.78. The highest BCUT2D eigenvalue weighted by molar-refractivity contribution is 5.93. The zero-order valence-electron chi connectivity index (χ0n) is 21.2. The van der Waals surface area contributed by atoms with Gasteiger partial charge in [-0.25, -0.2) is 4.39 Å². The molecule has 0 aromatic heterocycles. The van der Waals surface area contributed by atoms with Crippen molar-refractivity contribution in [1.29, 1.82) is 0 Å². The Morgan fingerprint density at radius 1 is 0.949 bits per heavy atom. The van der Waals surface area contributed by atoms with Gasteiger partial charge in [0.15, 0.2) is 5.78 Å². The zero-order chi connectivity index (χ0) is 29.0. The predicted molar refractivity (Wildman–Crippen MR) is 130 cm³/mol. The van der Waals surface area contributed by atoms with Crippen LogP contribution in [0.3, 0.4) is 0 Å². The summed E-state index contributed by atoms with van der Waals surface area (Å²) in [5.41, 5.74) is -1.31. The molecule has 0 aliphatic heterocycles. The first-order valence-electron chi connectivity index (χ1n) is 12.5. The third kappa shape index (κ3) is 8.53. The van der Waals surface area contributed by atoms with E-state index in [-0.39, 0.29) is 24.1 Å². The monoisotopic (exact) mass is 561 g/mol. The van der Waals surface area contributed by atoms with Gasteiger partial charge in [0, 0.05) is 31.8 Å². The van der Waals surface area contributed by atoms with Crippen LogP contribution >= 0.6 is 0 Å². The topological polar surface area (TPSA) is 60.8 Å². The number of likely N-dealkylation sites (N-methyl/N-ethyl adjacent to an activating group) is 1. The summed E-state index contributed by atoms with van der Waals surface area (Å²) in [4.78, 5) is 13.5. The minimum atomic E-state index is -4.87. The number of carbonyl (C=O) groups is 1. The van der Waals surface area contributed by atoms with Crippen LogP contribution in [0.4, 0.5) is 30.7 Å². The summed E-state index contributed by atoms with van der Waals surface area (Å²) in [6, 6.07) is 7.85. The minimum Gasteiger partial charge on any atom is -0.392 e. The smallest absolute Gasteiger partial charge is 0.392 e. The van der Waals surface area contributed by atoms with E-state index in [0.29, 0.717) is 24.0 Å². The van der Waals surface area contributed by atoms with Crippen molar-refractivity contribution in [3.63, 3.8) is 0 Å². The van der Waals surface area contributed by atoms with Gasteiger partial charge in [-0.2, -0.15) is 26.3 Å². The van der Waals surface area contributed by atoms with Crippen LogP contribution in [-0.4, -0.2) is 40.6 Å². The maximum atomic E-state index is 13.1. The molecule has 214 valence electrons. The molecule has 4 rings (SSSR count). The summed E-state index contributed by atoms with van der Waals surface area (Å²) >= 11 is 0. The second kappa shape index (κ2) is 12.5. The van der Waals surface area contributed by atoms with E-state index in [1.807, 2.05) is 24.1 Å². The number of aliphatic hydroxyl groups is 2. The average Bonchev–Trinajstić information content (AvgIpc) is 3.21. The average molecular weight is 562 g/mol. The van der Waals surface area contributed by atoms with Crippen molar-refractivity contribution in [2.75, 3.05) is 13.6 Å². The SMILES string of the molecule is CN(CC1CCCC(c2ccc(F)cc2)C1)C1=CC(=O)CC1O.OCc1cc(C(F)(F)F)cc(C(F)(F)F)c1. The third-order valence-corrected chi connectivity index (χ3v) is 6.97. The van der Waals surface area contributed by atoms with E-state index >= 15 is 0 Å². The number of aliphatic hydroxyl groups excluding tert-OH is 2. The molecule has 2 N–H and O–H groups in total. The van der Waals surface area contributed by atoms with E-state index in [1.54, 1.807) is 6.08 Å². The Bertz CT molecular complexity index is 1130. The van der Waals surface area contributed by atoms with Crippen LogP contribution < -0.4 is 0 Å². The Kier molecular flexibility index (Phi) is 9.82. The Balaban J connectivity index is 0.000000231. The molecule has 2 aliphatic carbocycles. The van der Waals surface area contributed by atoms with E-state index in [9.17, 15) is 40.6 Å². The van der Waals surface area contributed by atoms with Crippen molar-refractivity contribution in [3.8, 4) is 0 Å². The number of hydrogen-bond acceptors (Lipinski definition) is 4. The normalized spacial score (nSPS) is 21.7. The molecule has 1 saturated carbocycles. The highest BCUT2D eigenvalue weighted by Gasteiger charge is 2.36. The molecule has 0 amide bonds. The van der Waals surface area contributed by atoms with Crippen LogP contribution in [0.5, 0.6) is 0 Å². The van der Waals surface area contributed by atoms with Gasteiger partial charge in [-0.3, -0.25) is 4.79 Å². The highest BCUT2D eigenvalue weighted by atomic mass is 19.4. The highest BCUT2D eigenvalue weighted by Crippen LogP contribution is 2.38. The number of alkyl halides is 6. The van der Waals surface area contributed by atoms with Crippen LogP contribution in [0.2, 0.25) is 0 Å². The quantitative estimate of drug-likeness (QED) is 0.411. The fraction of sp³-hybridized carbons (Fsp3) is 0.464. The minimum absolute atomic E-state index is 0.00665. The van der Waals surface area contributed by atoms with Crippen LogP contribution in [0.15, 0.2) is 54.2 Å². The number of carbonyl (C=O) groups excluding carboxylic acids is 1. The summed E-state index contributed by atoms with van der Waals surface area (Å²) < 4.78 is 86.4. The molecule has 0 radical (unpaired) electrons. The molecule has 0 heterocycles. The lowest BCUT2D eigenvalue weighted by Crippen LogP contribution is -2.31. The molecule has 0 bridgehead atoms. The molecule has 3 atom stereocenters. The number of nitrogens with zero attached hydrogens (tertiary/aromatic N) is 1. The molecule has 0 saturated heterocycles. The Morgan fingerprint density at radius 2 is 1.54 bits per heavy atom. The second-order valence-corrected chi connectivity index (χ2v) is 9.99. The van der Waals surface area contributed by atoms with Gasteiger partial charge >= 0.3 is 12.4 Å². The first-order valence-corrected chi connectivity index (χ1v) is 12.5. The van der Waals surface area contributed by atoms with E-state index in [2.05, 4.69) is 0 Å². The van der Waals surface area contributed by atoms with Crippen LogP contribution in [0.1, 0.15) is 60.3 Å². The lowest BCUT2D eigenvalue weighted by Gasteiger charge is -2.34. The molecular formula is C28H30F7NO3. The Labute approximate surface area is 221 Å². The van der Waals surface area contributed by atoms with Gasteiger partial charge in [0.25, 0.3) is 0 Å². The summed E-state index contributed by atoms with van der Waals surface area (Å²) in [6.07, 6.45) is -4.04. The van der Waals surface area contributed by atoms with Gasteiger partial charge in [0.2, 0.25) is 0 Å². The Morgan fingerprint density at radius 3 is 2.03 bits per heavy atom. The van der Waals surface area contributed by atoms with E-state index in [4.69, 9.17) is 5.11 Å². The van der Waals surface area contributed by atoms with Crippen LogP contribution in [0.25, 0.3) is 0 Å². The Hall–Kier alpha value is -2.92. The fourth-order valence-electron chi connectivity index (χ4n) is 5.08. The van der Waals surface area contributed by atoms with Gasteiger partial charge in [-0.1, -0.05) is 18.6 Å². The lowest BCUT2D eigenvalue weighted by molar-refractivity contribution is -0.143. The molecule has 39 heavy (non-hydrogen) atoms. The summed E-state index contributed by atoms with van der Waals surface area (Å²) in [7, 11) is 1.95. The van der Waals surface area contributed by atoms with Crippen molar-refractivity contribution in [2.45, 2.75) is 63.1 Å². The summed E-state index contributed by atoms with van der Waals surface area (Å²) in [5.74, 6) is 0.833. The van der Waals surface area contributed by atoms with Crippen LogP contribution in [0, 0.1) is 11.7 Å². The van der Waals surface area contributed by atoms with E-state index in [1.165, 1.54) is 30.5 Å². The van der Waals surface area contributed by atoms with Gasteiger partial charge in [-0.15, -0.1) is 0 Å². The molecule has 11 heteroatoms. The maximum absolute atomic E-state index is 13.1. The predicted octanol–water partition coefficient (Wildman–Crippen LogP) is 6.47. The molecule has 4 nitrogen and oxygen atoms in total. The first kappa shape index (κ1) is 30.6. The molecule has 3 unspecified atom stereocenters. The molecule has 2 aromatic rings. The number of ketones is 1. The van der Waals surface area contributed by atoms with Crippen molar-refractivity contribution >= 4 is 5.78 Å². The molecule has 2 aromatic carbocycles. The number of hydrogen-bond donors (Lipinski definition) is 2. The fourth-order valence-corrected chi connectivity index (χ4v) is 5.08. The van der Waals surface area contributed by atoms with Crippen molar-refractivity contribution in [1.82, 2.24) is 4.90 Å². The van der Waals surface area contributed by atoms with Gasteiger partial charge < -0.3 is 15.1 Å². The van der Waals surface area contributed by atoms with E-state index in [0.717, 1.165) is 25.1 Å². The molecular weight excluding hydrogens is 531 g/mol. The molecule has 1 fully saturated rings. The maximum Gasteiger partial charge on any atom is 0.416 e. The number of halogens is 7.